The number of carboxylic acids is 1. The molecule has 142 valence electrons. The Morgan fingerprint density at radius 3 is 2.89 bits per heavy atom. The van der Waals surface area contributed by atoms with Gasteiger partial charge in [0.2, 0.25) is 0 Å². The molecular formula is C21H27KO5. The zero-order chi connectivity index (χ0) is 19.1. The second kappa shape index (κ2) is 12.2. The number of unbranched alkanes of at least 4 members (excludes halogenated alkanes) is 1. The van der Waals surface area contributed by atoms with Gasteiger partial charge >= 0.3 is 51.4 Å². The van der Waals surface area contributed by atoms with Gasteiger partial charge in [-0.25, -0.2) is 0 Å². The van der Waals surface area contributed by atoms with Gasteiger partial charge in [-0.3, -0.25) is 0 Å². The molecule has 1 aromatic heterocycles. The van der Waals surface area contributed by atoms with E-state index in [-0.39, 0.29) is 69.6 Å². The Morgan fingerprint density at radius 2 is 2.22 bits per heavy atom. The Kier molecular flexibility index (Phi) is 11.2. The average molecular weight is 399 g/mol. The molecule has 1 aromatic rings. The number of carboxylic acid groups (broad SMARTS) is 1. The normalized spacial score (nSPS) is 20.4. The number of aliphatic hydroxyl groups is 2. The van der Waals surface area contributed by atoms with Gasteiger partial charge in [0.15, 0.2) is 0 Å². The summed E-state index contributed by atoms with van der Waals surface area (Å²) in [4.78, 5) is 10.4. The number of fused-ring (bicyclic) bond motifs is 1. The Morgan fingerprint density at radius 1 is 1.48 bits per heavy atom. The third-order valence-electron chi connectivity index (χ3n) is 4.81. The molecule has 0 bridgehead atoms. The van der Waals surface area contributed by atoms with E-state index < -0.39 is 18.2 Å². The molecule has 0 aromatic carbocycles. The summed E-state index contributed by atoms with van der Waals surface area (Å²) < 4.78 is 5.80. The van der Waals surface area contributed by atoms with Crippen molar-refractivity contribution in [1.82, 2.24) is 0 Å². The number of aliphatic carboxylic acids is 1. The zero-order valence-corrected chi connectivity index (χ0v) is 19.5. The Bertz CT molecular complexity index is 697. The van der Waals surface area contributed by atoms with Gasteiger partial charge in [-0.2, -0.15) is 0 Å². The van der Waals surface area contributed by atoms with Crippen molar-refractivity contribution >= 4 is 5.97 Å². The van der Waals surface area contributed by atoms with Crippen LogP contribution in [0.15, 0.2) is 22.6 Å². The van der Waals surface area contributed by atoms with Crippen LogP contribution in [0.25, 0.3) is 0 Å². The SMILES string of the molecule is CC#CCC(C)[C@H](O)/C=C/[C@@H]1c2cc(CCCCC(=O)[O-])oc2C[C@H]1O.[K+]. The minimum Gasteiger partial charge on any atom is -0.550 e. The smallest absolute Gasteiger partial charge is 0.550 e. The van der Waals surface area contributed by atoms with Gasteiger partial charge in [-0.15, -0.1) is 11.8 Å². The molecule has 0 fully saturated rings. The van der Waals surface area contributed by atoms with Crippen molar-refractivity contribution in [2.75, 3.05) is 0 Å². The van der Waals surface area contributed by atoms with E-state index in [0.29, 0.717) is 25.7 Å². The summed E-state index contributed by atoms with van der Waals surface area (Å²) >= 11 is 0. The third kappa shape index (κ3) is 7.50. The van der Waals surface area contributed by atoms with E-state index in [0.717, 1.165) is 23.5 Å². The largest absolute Gasteiger partial charge is 1.00 e. The quantitative estimate of drug-likeness (QED) is 0.234. The molecule has 0 aliphatic heterocycles. The van der Waals surface area contributed by atoms with Crippen molar-refractivity contribution in [3.05, 3.63) is 35.3 Å². The monoisotopic (exact) mass is 398 g/mol. The van der Waals surface area contributed by atoms with Crippen molar-refractivity contribution in [2.45, 2.75) is 70.5 Å². The molecular weight excluding hydrogens is 371 g/mol. The topological polar surface area (TPSA) is 93.7 Å². The van der Waals surface area contributed by atoms with Gasteiger partial charge in [0.05, 0.1) is 12.2 Å². The number of aryl methyl sites for hydroxylation is 1. The van der Waals surface area contributed by atoms with Crippen LogP contribution >= 0.6 is 0 Å². The minimum absolute atomic E-state index is 0. The van der Waals surface area contributed by atoms with Gasteiger partial charge in [0, 0.05) is 36.7 Å². The van der Waals surface area contributed by atoms with Crippen LogP contribution in [0.4, 0.5) is 0 Å². The number of hydrogen-bond acceptors (Lipinski definition) is 5. The summed E-state index contributed by atoms with van der Waals surface area (Å²) in [5.74, 6) is 6.19. The molecule has 1 aliphatic rings. The summed E-state index contributed by atoms with van der Waals surface area (Å²) in [6, 6.07) is 1.94. The second-order valence-corrected chi connectivity index (χ2v) is 6.95. The van der Waals surface area contributed by atoms with Gasteiger partial charge in [0.25, 0.3) is 0 Å². The molecule has 1 unspecified atom stereocenters. The van der Waals surface area contributed by atoms with Crippen LogP contribution in [0.5, 0.6) is 0 Å². The van der Waals surface area contributed by atoms with E-state index in [1.165, 1.54) is 0 Å². The predicted molar refractivity (Wildman–Crippen MR) is 96.1 cm³/mol. The van der Waals surface area contributed by atoms with E-state index in [1.54, 1.807) is 13.0 Å². The molecule has 2 rings (SSSR count). The summed E-state index contributed by atoms with van der Waals surface area (Å²) in [5, 5.41) is 30.9. The van der Waals surface area contributed by atoms with Crippen LogP contribution in [-0.2, 0) is 17.6 Å². The van der Waals surface area contributed by atoms with Crippen molar-refractivity contribution in [2.24, 2.45) is 5.92 Å². The maximum Gasteiger partial charge on any atom is 1.00 e. The van der Waals surface area contributed by atoms with Crippen LogP contribution in [0.3, 0.4) is 0 Å². The van der Waals surface area contributed by atoms with Crippen LogP contribution in [0, 0.1) is 17.8 Å². The first-order chi connectivity index (χ1) is 12.4. The van der Waals surface area contributed by atoms with Crippen LogP contribution < -0.4 is 56.5 Å². The molecule has 4 atom stereocenters. The number of rotatable bonds is 9. The first-order valence-electron chi connectivity index (χ1n) is 9.17. The molecule has 1 aliphatic carbocycles. The molecule has 0 radical (unpaired) electrons. The molecule has 1 heterocycles. The fourth-order valence-corrected chi connectivity index (χ4v) is 3.20. The summed E-state index contributed by atoms with van der Waals surface area (Å²) in [5.41, 5.74) is 0.955. The Hall–Kier alpha value is -0.394. The molecule has 0 amide bonds. The van der Waals surface area contributed by atoms with Crippen LogP contribution in [0.1, 0.15) is 62.5 Å². The summed E-state index contributed by atoms with van der Waals surface area (Å²) in [6.45, 7) is 3.72. The molecule has 0 saturated heterocycles. The zero-order valence-electron chi connectivity index (χ0n) is 16.4. The van der Waals surface area contributed by atoms with Gasteiger partial charge in [0.1, 0.15) is 11.5 Å². The van der Waals surface area contributed by atoms with Gasteiger partial charge in [-0.05, 0) is 38.2 Å². The second-order valence-electron chi connectivity index (χ2n) is 6.95. The predicted octanol–water partition coefficient (Wildman–Crippen LogP) is -1.29. The number of hydrogen-bond donors (Lipinski definition) is 2. The number of carbonyl (C=O) groups is 1. The molecule has 0 spiro atoms. The molecule has 0 saturated carbocycles. The van der Waals surface area contributed by atoms with E-state index >= 15 is 0 Å². The fourth-order valence-electron chi connectivity index (χ4n) is 3.20. The van der Waals surface area contributed by atoms with Crippen molar-refractivity contribution < 1.29 is 75.9 Å². The van der Waals surface area contributed by atoms with Crippen molar-refractivity contribution in [3.63, 3.8) is 0 Å². The number of aliphatic hydroxyl groups excluding tert-OH is 2. The van der Waals surface area contributed by atoms with E-state index in [9.17, 15) is 20.1 Å². The first-order valence-corrected chi connectivity index (χ1v) is 9.17. The van der Waals surface area contributed by atoms with E-state index in [1.807, 2.05) is 19.1 Å². The number of carbonyl (C=O) groups excluding carboxylic acids is 1. The van der Waals surface area contributed by atoms with Crippen molar-refractivity contribution in [1.29, 1.82) is 0 Å². The maximum absolute atomic E-state index is 10.4. The van der Waals surface area contributed by atoms with Gasteiger partial charge < -0.3 is 24.5 Å². The molecule has 5 nitrogen and oxygen atoms in total. The van der Waals surface area contributed by atoms with Crippen LogP contribution in [0.2, 0.25) is 0 Å². The third-order valence-corrected chi connectivity index (χ3v) is 4.81. The Balaban J connectivity index is 0.00000364. The van der Waals surface area contributed by atoms with Gasteiger partial charge in [-0.1, -0.05) is 19.1 Å². The van der Waals surface area contributed by atoms with E-state index in [4.69, 9.17) is 4.42 Å². The standard InChI is InChI=1S/C21H28O5.K/c1-3-4-7-14(2)18(22)11-10-16-17-12-15(8-5-6-9-21(24)25)26-20(17)13-19(16)23;/h10-12,14,16,18-19,22-23H,5-9,13H2,1-2H3,(H,24,25);/q;+1/p-1/b11-10+;/t14?,16-,18-,19-;/m1./s1. The van der Waals surface area contributed by atoms with E-state index in [2.05, 4.69) is 11.8 Å². The fraction of sp³-hybridized carbons (Fsp3) is 0.571. The molecule has 27 heavy (non-hydrogen) atoms. The Labute approximate surface area is 203 Å². The minimum atomic E-state index is -1.03. The summed E-state index contributed by atoms with van der Waals surface area (Å²) in [7, 11) is 0. The molecule has 6 heteroatoms. The van der Waals surface area contributed by atoms with Crippen LogP contribution in [-0.4, -0.2) is 28.4 Å². The maximum atomic E-state index is 10.4. The average Bonchev–Trinajstić information content (AvgIpc) is 3.10. The summed E-state index contributed by atoms with van der Waals surface area (Å²) in [6.07, 6.45) is 5.52. The van der Waals surface area contributed by atoms with Crippen molar-refractivity contribution in [3.8, 4) is 11.8 Å². The number of furan rings is 1. The molecule has 2 N–H and O–H groups in total. The first kappa shape index (κ1) is 24.6.